The lowest BCUT2D eigenvalue weighted by Crippen LogP contribution is -2.35. The first-order valence-electron chi connectivity index (χ1n) is 9.40. The summed E-state index contributed by atoms with van der Waals surface area (Å²) in [6, 6.07) is 21.1. The Bertz CT molecular complexity index is 792. The summed E-state index contributed by atoms with van der Waals surface area (Å²) in [5.74, 6) is 0.919. The summed E-state index contributed by atoms with van der Waals surface area (Å²) in [6.07, 6.45) is 1.42. The van der Waals surface area contributed by atoms with Crippen LogP contribution in [0.1, 0.15) is 29.9 Å². The van der Waals surface area contributed by atoms with Crippen LogP contribution in [-0.2, 0) is 0 Å². The average Bonchev–Trinajstić information content (AvgIpc) is 3.19. The Hall–Kier alpha value is -2.44. The molecule has 0 radical (unpaired) electrons. The van der Waals surface area contributed by atoms with Gasteiger partial charge in [0, 0.05) is 37.1 Å². The third kappa shape index (κ3) is 4.46. The van der Waals surface area contributed by atoms with E-state index >= 15 is 0 Å². The Kier molecular flexibility index (Phi) is 5.65. The molecule has 140 valence electrons. The molecule has 0 aliphatic carbocycles. The van der Waals surface area contributed by atoms with Crippen LogP contribution in [0.15, 0.2) is 60.7 Å². The lowest BCUT2D eigenvalue weighted by atomic mass is 9.91. The molecule has 1 fully saturated rings. The molecule has 2 aromatic carbocycles. The highest BCUT2D eigenvalue weighted by molar-refractivity contribution is 7.09. The fraction of sp³-hybridized carbons (Fsp3) is 0.333. The van der Waals surface area contributed by atoms with E-state index < -0.39 is 0 Å². The first kappa shape index (κ1) is 17.9. The first-order valence-corrected chi connectivity index (χ1v) is 10.2. The molecule has 3 aromatic rings. The molecule has 4 rings (SSSR count). The molecule has 2 heterocycles. The fourth-order valence-electron chi connectivity index (χ4n) is 3.47. The number of hydrogen-bond acceptors (Lipinski definition) is 6. The van der Waals surface area contributed by atoms with Crippen LogP contribution in [0, 0.1) is 0 Å². The molecular formula is C21H24N4OS. The van der Waals surface area contributed by atoms with E-state index in [-0.39, 0.29) is 12.0 Å². The van der Waals surface area contributed by atoms with Crippen molar-refractivity contribution in [3.05, 3.63) is 71.8 Å². The van der Waals surface area contributed by atoms with E-state index in [1.54, 1.807) is 0 Å². The number of piperidine rings is 1. The second kappa shape index (κ2) is 8.50. The molecule has 6 heteroatoms. The zero-order valence-corrected chi connectivity index (χ0v) is 16.0. The van der Waals surface area contributed by atoms with E-state index in [2.05, 4.69) is 68.1 Å². The SMILES string of the molecule is OC1CCN(c2nc(NCC(c3ccccc3)c3ccccc3)ns2)CC1. The lowest BCUT2D eigenvalue weighted by Gasteiger charge is -2.28. The van der Waals surface area contributed by atoms with Crippen molar-refractivity contribution in [2.75, 3.05) is 29.9 Å². The van der Waals surface area contributed by atoms with E-state index in [0.29, 0.717) is 5.95 Å². The van der Waals surface area contributed by atoms with E-state index in [1.165, 1.54) is 22.7 Å². The molecule has 1 aromatic heterocycles. The molecule has 1 aliphatic heterocycles. The summed E-state index contributed by atoms with van der Waals surface area (Å²) in [4.78, 5) is 6.87. The van der Waals surface area contributed by atoms with Gasteiger partial charge in [0.1, 0.15) is 0 Å². The number of anilines is 2. The number of benzene rings is 2. The number of aliphatic hydroxyl groups excluding tert-OH is 1. The summed E-state index contributed by atoms with van der Waals surface area (Å²) in [7, 11) is 0. The van der Waals surface area contributed by atoms with Gasteiger partial charge in [0.15, 0.2) is 0 Å². The quantitative estimate of drug-likeness (QED) is 0.682. The normalized spacial score (nSPS) is 15.3. The van der Waals surface area contributed by atoms with Crippen LogP contribution >= 0.6 is 11.5 Å². The van der Waals surface area contributed by atoms with Crippen LogP contribution in [0.25, 0.3) is 0 Å². The second-order valence-corrected chi connectivity index (χ2v) is 7.60. The van der Waals surface area contributed by atoms with Crippen molar-refractivity contribution in [3.8, 4) is 0 Å². The lowest BCUT2D eigenvalue weighted by molar-refractivity contribution is 0.145. The molecule has 0 amide bonds. The summed E-state index contributed by atoms with van der Waals surface area (Å²) in [5, 5.41) is 14.0. The summed E-state index contributed by atoms with van der Waals surface area (Å²) in [5.41, 5.74) is 2.55. The molecule has 5 nitrogen and oxygen atoms in total. The van der Waals surface area contributed by atoms with E-state index in [0.717, 1.165) is 37.6 Å². The number of nitrogens with one attached hydrogen (secondary N) is 1. The van der Waals surface area contributed by atoms with Crippen molar-refractivity contribution in [3.63, 3.8) is 0 Å². The van der Waals surface area contributed by atoms with Gasteiger partial charge in [0.25, 0.3) is 0 Å². The van der Waals surface area contributed by atoms with Crippen molar-refractivity contribution < 1.29 is 5.11 Å². The van der Waals surface area contributed by atoms with Crippen LogP contribution in [0.3, 0.4) is 0 Å². The smallest absolute Gasteiger partial charge is 0.236 e. The molecule has 0 spiro atoms. The molecular weight excluding hydrogens is 356 g/mol. The molecule has 0 unspecified atom stereocenters. The minimum Gasteiger partial charge on any atom is -0.393 e. The minimum atomic E-state index is -0.177. The standard InChI is InChI=1S/C21H24N4OS/c26-18-11-13-25(14-12-18)21-23-20(24-27-21)22-15-19(16-7-3-1-4-8-16)17-9-5-2-6-10-17/h1-10,18-19,26H,11-15H2,(H,22,24). The Labute approximate surface area is 163 Å². The Balaban J connectivity index is 1.45. The van der Waals surface area contributed by atoms with Gasteiger partial charge in [-0.3, -0.25) is 0 Å². The highest BCUT2D eigenvalue weighted by atomic mass is 32.1. The molecule has 27 heavy (non-hydrogen) atoms. The van der Waals surface area contributed by atoms with Crippen LogP contribution in [0.2, 0.25) is 0 Å². The Morgan fingerprint density at radius 1 is 1.00 bits per heavy atom. The molecule has 1 saturated heterocycles. The molecule has 0 bridgehead atoms. The van der Waals surface area contributed by atoms with Crippen LogP contribution in [0.4, 0.5) is 11.1 Å². The zero-order valence-electron chi connectivity index (χ0n) is 15.2. The van der Waals surface area contributed by atoms with Gasteiger partial charge in [-0.15, -0.1) is 0 Å². The monoisotopic (exact) mass is 380 g/mol. The summed E-state index contributed by atoms with van der Waals surface area (Å²) >= 11 is 1.42. The zero-order chi connectivity index (χ0) is 18.5. The Morgan fingerprint density at radius 3 is 2.19 bits per heavy atom. The van der Waals surface area contributed by atoms with Crippen LogP contribution < -0.4 is 10.2 Å². The Morgan fingerprint density at radius 2 is 1.59 bits per heavy atom. The van der Waals surface area contributed by atoms with Crippen molar-refractivity contribution in [1.29, 1.82) is 0 Å². The second-order valence-electron chi connectivity index (χ2n) is 6.87. The third-order valence-corrected chi connectivity index (χ3v) is 5.80. The predicted molar refractivity (Wildman–Crippen MR) is 111 cm³/mol. The molecule has 0 atom stereocenters. The number of aromatic nitrogens is 2. The van der Waals surface area contributed by atoms with Crippen LogP contribution in [-0.4, -0.2) is 40.2 Å². The van der Waals surface area contributed by atoms with Gasteiger partial charge in [0.05, 0.1) is 6.10 Å². The van der Waals surface area contributed by atoms with Gasteiger partial charge in [-0.05, 0) is 24.0 Å². The highest BCUT2D eigenvalue weighted by Gasteiger charge is 2.21. The number of hydrogen-bond donors (Lipinski definition) is 2. The van der Waals surface area contributed by atoms with Crippen molar-refractivity contribution in [2.24, 2.45) is 0 Å². The van der Waals surface area contributed by atoms with Gasteiger partial charge in [-0.1, -0.05) is 60.7 Å². The van der Waals surface area contributed by atoms with Crippen molar-refractivity contribution in [1.82, 2.24) is 9.36 Å². The summed E-state index contributed by atoms with van der Waals surface area (Å²) < 4.78 is 4.48. The molecule has 0 saturated carbocycles. The number of nitrogens with zero attached hydrogens (tertiary/aromatic N) is 3. The maximum absolute atomic E-state index is 9.67. The van der Waals surface area contributed by atoms with E-state index in [1.807, 2.05) is 12.1 Å². The largest absolute Gasteiger partial charge is 0.393 e. The molecule has 2 N–H and O–H groups in total. The van der Waals surface area contributed by atoms with Crippen LogP contribution in [0.5, 0.6) is 0 Å². The fourth-order valence-corrected chi connectivity index (χ4v) is 4.16. The first-order chi connectivity index (χ1) is 13.3. The topological polar surface area (TPSA) is 61.3 Å². The molecule has 1 aliphatic rings. The van der Waals surface area contributed by atoms with Gasteiger partial charge in [-0.25, -0.2) is 0 Å². The maximum Gasteiger partial charge on any atom is 0.236 e. The predicted octanol–water partition coefficient (Wildman–Crippen LogP) is 3.74. The maximum atomic E-state index is 9.67. The summed E-state index contributed by atoms with van der Waals surface area (Å²) in [6.45, 7) is 2.42. The number of aliphatic hydroxyl groups is 1. The van der Waals surface area contributed by atoms with Crippen molar-refractivity contribution in [2.45, 2.75) is 24.9 Å². The van der Waals surface area contributed by atoms with E-state index in [9.17, 15) is 5.11 Å². The van der Waals surface area contributed by atoms with Gasteiger partial charge in [0.2, 0.25) is 11.1 Å². The number of rotatable bonds is 6. The van der Waals surface area contributed by atoms with Gasteiger partial charge >= 0.3 is 0 Å². The average molecular weight is 381 g/mol. The van der Waals surface area contributed by atoms with Crippen molar-refractivity contribution >= 4 is 22.6 Å². The highest BCUT2D eigenvalue weighted by Crippen LogP contribution is 2.27. The van der Waals surface area contributed by atoms with Gasteiger partial charge < -0.3 is 15.3 Å². The van der Waals surface area contributed by atoms with Gasteiger partial charge in [-0.2, -0.15) is 9.36 Å². The minimum absolute atomic E-state index is 0.177. The third-order valence-electron chi connectivity index (χ3n) is 5.02. The van der Waals surface area contributed by atoms with E-state index in [4.69, 9.17) is 0 Å².